The summed E-state index contributed by atoms with van der Waals surface area (Å²) >= 11 is 0. The van der Waals surface area contributed by atoms with E-state index in [0.29, 0.717) is 57.3 Å². The summed E-state index contributed by atoms with van der Waals surface area (Å²) in [5.74, 6) is 0.724. The van der Waals surface area contributed by atoms with Gasteiger partial charge in [-0.25, -0.2) is 9.59 Å². The zero-order valence-corrected chi connectivity index (χ0v) is 28.6. The van der Waals surface area contributed by atoms with Gasteiger partial charge in [-0.2, -0.15) is 0 Å². The third-order valence-corrected chi connectivity index (χ3v) is 9.33. The van der Waals surface area contributed by atoms with E-state index in [-0.39, 0.29) is 11.9 Å². The Labute approximate surface area is 265 Å². The monoisotopic (exact) mass is 608 g/mol. The molecule has 8 nitrogen and oxygen atoms in total. The number of hydrogen-bond donors (Lipinski definition) is 4. The fraction of sp³-hybridized carbons (Fsp3) is 0.611. The molecule has 2 aliphatic carbocycles. The molecule has 44 heavy (non-hydrogen) atoms. The van der Waals surface area contributed by atoms with Crippen LogP contribution >= 0.6 is 0 Å². The lowest BCUT2D eigenvalue weighted by atomic mass is 9.70. The lowest BCUT2D eigenvalue weighted by molar-refractivity contribution is 0.0591. The number of methoxy groups -OCH3 is 2. The van der Waals surface area contributed by atoms with Gasteiger partial charge in [-0.3, -0.25) is 0 Å². The maximum atomic E-state index is 11.7. The highest BCUT2D eigenvalue weighted by Gasteiger charge is 2.33. The first-order chi connectivity index (χ1) is 20.5. The van der Waals surface area contributed by atoms with Gasteiger partial charge in [0.05, 0.1) is 48.1 Å². The van der Waals surface area contributed by atoms with E-state index in [1.165, 1.54) is 27.1 Å². The van der Waals surface area contributed by atoms with Crippen LogP contribution < -0.4 is 22.1 Å². The minimum atomic E-state index is -0.344. The highest BCUT2D eigenvalue weighted by molar-refractivity contribution is 5.95. The number of nitrogen functional groups attached to an aromatic ring is 2. The predicted molar refractivity (Wildman–Crippen MR) is 182 cm³/mol. The van der Waals surface area contributed by atoms with Gasteiger partial charge in [0.2, 0.25) is 0 Å². The van der Waals surface area contributed by atoms with E-state index in [9.17, 15) is 9.59 Å². The summed E-state index contributed by atoms with van der Waals surface area (Å²) in [6.07, 6.45) is 7.10. The molecule has 0 amide bonds. The number of carbonyl (C=O) groups is 2. The van der Waals surface area contributed by atoms with Crippen LogP contribution in [0.1, 0.15) is 112 Å². The van der Waals surface area contributed by atoms with Crippen molar-refractivity contribution in [2.45, 2.75) is 106 Å². The number of hydrogen-bond acceptors (Lipinski definition) is 8. The number of nitrogens with two attached hydrogens (primary N) is 2. The van der Waals surface area contributed by atoms with Crippen LogP contribution in [0.2, 0.25) is 0 Å². The van der Waals surface area contributed by atoms with E-state index in [2.05, 4.69) is 52.2 Å². The van der Waals surface area contributed by atoms with Crippen molar-refractivity contribution in [2.75, 3.05) is 36.3 Å². The van der Waals surface area contributed by atoms with Gasteiger partial charge in [0.25, 0.3) is 0 Å². The first kappa shape index (κ1) is 35.1. The van der Waals surface area contributed by atoms with E-state index >= 15 is 0 Å². The molecule has 0 spiro atoms. The molecule has 8 heteroatoms. The number of esters is 2. The standard InChI is InChI=1S/2C18H28N2O2/c2*1-11-8-13(10-18(3,4)9-11)20-15-7-6-14(17(21)22-5)12(2)16(15)19/h2*6-7,11,13,20H,8-10,19H2,1-5H3/t2*11-,13-/m10/s1. The summed E-state index contributed by atoms with van der Waals surface area (Å²) in [6, 6.07) is 8.20. The van der Waals surface area contributed by atoms with E-state index in [4.69, 9.17) is 20.9 Å². The molecule has 0 unspecified atom stereocenters. The molecule has 2 aromatic carbocycles. The second-order valence-corrected chi connectivity index (χ2v) is 14.9. The third kappa shape index (κ3) is 8.82. The Kier molecular flexibility index (Phi) is 11.3. The number of anilines is 4. The molecule has 0 aliphatic heterocycles. The van der Waals surface area contributed by atoms with Crippen molar-refractivity contribution >= 4 is 34.7 Å². The van der Waals surface area contributed by atoms with Gasteiger partial charge in [0.15, 0.2) is 0 Å². The second kappa shape index (κ2) is 14.1. The Bertz CT molecular complexity index is 1230. The van der Waals surface area contributed by atoms with Crippen molar-refractivity contribution in [1.82, 2.24) is 0 Å². The number of benzene rings is 2. The first-order valence-electron chi connectivity index (χ1n) is 15.9. The Morgan fingerprint density at radius 1 is 0.682 bits per heavy atom. The number of carbonyl (C=O) groups excluding carboxylic acids is 2. The highest BCUT2D eigenvalue weighted by atomic mass is 16.5. The van der Waals surface area contributed by atoms with Crippen molar-refractivity contribution in [3.63, 3.8) is 0 Å². The zero-order valence-electron chi connectivity index (χ0n) is 28.6. The molecule has 2 aliphatic rings. The lowest BCUT2D eigenvalue weighted by Crippen LogP contribution is -2.35. The molecule has 0 bridgehead atoms. The quantitative estimate of drug-likeness (QED) is 0.192. The first-order valence-corrected chi connectivity index (χ1v) is 15.9. The molecule has 6 N–H and O–H groups in total. The van der Waals surface area contributed by atoms with E-state index in [1.54, 1.807) is 12.1 Å². The maximum Gasteiger partial charge on any atom is 0.338 e. The molecule has 4 rings (SSSR count). The zero-order chi connectivity index (χ0) is 33.0. The molecule has 2 fully saturated rings. The van der Waals surface area contributed by atoms with Gasteiger partial charge in [-0.15, -0.1) is 0 Å². The summed E-state index contributed by atoms with van der Waals surface area (Å²) < 4.78 is 9.58. The van der Waals surface area contributed by atoms with Crippen LogP contribution in [0.4, 0.5) is 22.7 Å². The molecule has 0 heterocycles. The van der Waals surface area contributed by atoms with Crippen LogP contribution in [0.15, 0.2) is 24.3 Å². The van der Waals surface area contributed by atoms with Crippen LogP contribution in [-0.4, -0.2) is 38.2 Å². The Balaban J connectivity index is 0.000000240. The normalized spacial score (nSPS) is 23.9. The largest absolute Gasteiger partial charge is 0.465 e. The Hall–Kier alpha value is -3.42. The summed E-state index contributed by atoms with van der Waals surface area (Å²) in [7, 11) is 2.77. The van der Waals surface area contributed by atoms with Crippen molar-refractivity contribution < 1.29 is 19.1 Å². The summed E-state index contributed by atoms with van der Waals surface area (Å²) in [5.41, 5.74) is 18.9. The minimum absolute atomic E-state index is 0.344. The Morgan fingerprint density at radius 3 is 1.32 bits per heavy atom. The number of ether oxygens (including phenoxy) is 2. The van der Waals surface area contributed by atoms with Gasteiger partial charge in [0.1, 0.15) is 0 Å². The lowest BCUT2D eigenvalue weighted by Gasteiger charge is -2.40. The van der Waals surface area contributed by atoms with Crippen molar-refractivity contribution in [2.24, 2.45) is 22.7 Å². The average molecular weight is 609 g/mol. The molecule has 2 aromatic rings. The molecule has 0 radical (unpaired) electrons. The SMILES string of the molecule is COC(=O)c1ccc(N[C@@H]2C[C@@H](C)CC(C)(C)C2)c(N)c1C.COC(=O)c1ccc(N[C@H]2C[C@H](C)CC(C)(C)C2)c(N)c1C. The fourth-order valence-corrected chi connectivity index (χ4v) is 7.72. The topological polar surface area (TPSA) is 129 Å². The predicted octanol–water partition coefficient (Wildman–Crippen LogP) is 7.98. The highest BCUT2D eigenvalue weighted by Crippen LogP contribution is 2.41. The van der Waals surface area contributed by atoms with Gasteiger partial charge in [0, 0.05) is 12.1 Å². The molecule has 244 valence electrons. The Morgan fingerprint density at radius 2 is 1.02 bits per heavy atom. The van der Waals surface area contributed by atoms with E-state index in [0.717, 1.165) is 48.2 Å². The molecular weight excluding hydrogens is 552 g/mol. The third-order valence-electron chi connectivity index (χ3n) is 9.33. The maximum absolute atomic E-state index is 11.7. The van der Waals surface area contributed by atoms with Crippen molar-refractivity contribution in [3.8, 4) is 0 Å². The number of rotatable bonds is 6. The van der Waals surface area contributed by atoms with Crippen LogP contribution in [0.25, 0.3) is 0 Å². The second-order valence-electron chi connectivity index (χ2n) is 14.9. The average Bonchev–Trinajstić information content (AvgIpc) is 2.91. The van der Waals surface area contributed by atoms with Gasteiger partial charge in [-0.1, -0.05) is 41.5 Å². The molecule has 0 aromatic heterocycles. The van der Waals surface area contributed by atoms with Crippen LogP contribution in [0, 0.1) is 36.5 Å². The fourth-order valence-electron chi connectivity index (χ4n) is 7.72. The van der Waals surface area contributed by atoms with Gasteiger partial charge < -0.3 is 31.6 Å². The van der Waals surface area contributed by atoms with Crippen molar-refractivity contribution in [3.05, 3.63) is 46.5 Å². The smallest absolute Gasteiger partial charge is 0.338 e. The molecular formula is C36H56N4O4. The van der Waals surface area contributed by atoms with Crippen molar-refractivity contribution in [1.29, 1.82) is 0 Å². The number of nitrogens with one attached hydrogen (secondary N) is 2. The molecule has 0 saturated heterocycles. The summed E-state index contributed by atoms with van der Waals surface area (Å²) in [5, 5.41) is 7.17. The summed E-state index contributed by atoms with van der Waals surface area (Å²) in [6.45, 7) is 17.6. The van der Waals surface area contributed by atoms with Crippen LogP contribution in [0.5, 0.6) is 0 Å². The van der Waals surface area contributed by atoms with Crippen LogP contribution in [-0.2, 0) is 9.47 Å². The van der Waals surface area contributed by atoms with Crippen LogP contribution in [0.3, 0.4) is 0 Å². The minimum Gasteiger partial charge on any atom is -0.465 e. The molecule has 2 saturated carbocycles. The molecule has 4 atom stereocenters. The van der Waals surface area contributed by atoms with E-state index < -0.39 is 0 Å². The summed E-state index contributed by atoms with van der Waals surface area (Å²) in [4.78, 5) is 23.4. The van der Waals surface area contributed by atoms with Gasteiger partial charge >= 0.3 is 11.9 Å². The van der Waals surface area contributed by atoms with Gasteiger partial charge in [-0.05, 0) is 110 Å². The van der Waals surface area contributed by atoms with E-state index in [1.807, 2.05) is 26.0 Å².